The van der Waals surface area contributed by atoms with E-state index in [0.29, 0.717) is 23.4 Å². The first-order valence-electron chi connectivity index (χ1n) is 8.91. The van der Waals surface area contributed by atoms with Gasteiger partial charge in [-0.25, -0.2) is 4.79 Å². The van der Waals surface area contributed by atoms with Gasteiger partial charge in [-0.05, 0) is 72.3 Å². The summed E-state index contributed by atoms with van der Waals surface area (Å²) in [5.41, 5.74) is 4.13. The molecule has 2 aliphatic carbocycles. The third kappa shape index (κ3) is 1.94. The fourth-order valence-corrected chi connectivity index (χ4v) is 5.61. The summed E-state index contributed by atoms with van der Waals surface area (Å²) in [6, 6.07) is 16.7. The Morgan fingerprint density at radius 2 is 1.83 bits per heavy atom. The van der Waals surface area contributed by atoms with E-state index in [0.717, 1.165) is 17.5 Å². The first-order chi connectivity index (χ1) is 11.7. The zero-order valence-corrected chi connectivity index (χ0v) is 13.5. The fraction of sp³-hybridized carbons (Fsp3) is 0.381. The van der Waals surface area contributed by atoms with E-state index in [2.05, 4.69) is 35.6 Å². The maximum absolute atomic E-state index is 11.4. The molecule has 5 atom stereocenters. The highest BCUT2D eigenvalue weighted by molar-refractivity contribution is 5.88. The monoisotopic (exact) mass is 319 g/mol. The summed E-state index contributed by atoms with van der Waals surface area (Å²) in [6.45, 7) is 0. The maximum atomic E-state index is 11.4. The van der Waals surface area contributed by atoms with Crippen LogP contribution in [0.3, 0.4) is 0 Å². The van der Waals surface area contributed by atoms with Crippen molar-refractivity contribution in [1.29, 1.82) is 0 Å². The van der Waals surface area contributed by atoms with Crippen LogP contribution in [0, 0.1) is 17.8 Å². The van der Waals surface area contributed by atoms with E-state index in [1.54, 1.807) is 6.07 Å². The lowest BCUT2D eigenvalue weighted by molar-refractivity contribution is 0.0696. The molecule has 0 aromatic heterocycles. The summed E-state index contributed by atoms with van der Waals surface area (Å²) < 4.78 is 0. The average molecular weight is 319 g/mol. The summed E-state index contributed by atoms with van der Waals surface area (Å²) in [4.78, 5) is 11.4. The van der Waals surface area contributed by atoms with Crippen molar-refractivity contribution in [2.24, 2.45) is 17.8 Å². The Bertz CT molecular complexity index is 801. The molecule has 1 aliphatic heterocycles. The Balaban J connectivity index is 1.64. The van der Waals surface area contributed by atoms with Gasteiger partial charge in [0, 0.05) is 5.69 Å². The predicted octanol–water partition coefficient (Wildman–Crippen LogP) is 4.68. The molecular formula is C21H21NO2. The number of carboxylic acid groups (broad SMARTS) is 1. The number of nitrogens with one attached hydrogen (secondary N) is 1. The predicted molar refractivity (Wildman–Crippen MR) is 93.3 cm³/mol. The van der Waals surface area contributed by atoms with E-state index in [-0.39, 0.29) is 0 Å². The number of rotatable bonds is 2. The van der Waals surface area contributed by atoms with E-state index in [1.165, 1.54) is 30.4 Å². The first-order valence-corrected chi connectivity index (χ1v) is 8.91. The van der Waals surface area contributed by atoms with Gasteiger partial charge in [-0.3, -0.25) is 0 Å². The number of hydrogen-bond donors (Lipinski definition) is 2. The van der Waals surface area contributed by atoms with E-state index in [4.69, 9.17) is 0 Å². The van der Waals surface area contributed by atoms with Crippen LogP contribution in [0.15, 0.2) is 48.5 Å². The molecule has 0 amide bonds. The van der Waals surface area contributed by atoms with E-state index in [9.17, 15) is 9.90 Å². The van der Waals surface area contributed by atoms with Crippen molar-refractivity contribution in [2.45, 2.75) is 31.2 Å². The zero-order valence-electron chi connectivity index (χ0n) is 13.5. The molecule has 2 N–H and O–H groups in total. The van der Waals surface area contributed by atoms with Crippen LogP contribution in [0.2, 0.25) is 0 Å². The minimum absolute atomic E-state index is 0.342. The van der Waals surface area contributed by atoms with E-state index >= 15 is 0 Å². The molecule has 0 spiro atoms. The minimum Gasteiger partial charge on any atom is -0.478 e. The van der Waals surface area contributed by atoms with Gasteiger partial charge in [0.2, 0.25) is 0 Å². The van der Waals surface area contributed by atoms with Crippen LogP contribution in [0.1, 0.15) is 52.7 Å². The van der Waals surface area contributed by atoms with E-state index in [1.807, 2.05) is 12.1 Å². The topological polar surface area (TPSA) is 49.3 Å². The number of carbonyl (C=O) groups is 1. The number of hydrogen-bond acceptors (Lipinski definition) is 2. The number of carboxylic acids is 1. The van der Waals surface area contributed by atoms with Gasteiger partial charge in [0.05, 0.1) is 11.6 Å². The summed E-state index contributed by atoms with van der Waals surface area (Å²) in [5.74, 6) is 1.74. The number of anilines is 1. The van der Waals surface area contributed by atoms with Crippen molar-refractivity contribution in [2.75, 3.05) is 5.32 Å². The van der Waals surface area contributed by atoms with Crippen molar-refractivity contribution < 1.29 is 9.90 Å². The minimum atomic E-state index is -0.831. The molecule has 122 valence electrons. The molecule has 1 heterocycles. The molecule has 2 saturated carbocycles. The molecule has 3 nitrogen and oxygen atoms in total. The van der Waals surface area contributed by atoms with Crippen LogP contribution in [-0.4, -0.2) is 11.1 Å². The Hall–Kier alpha value is -2.29. The second-order valence-corrected chi connectivity index (χ2v) is 7.58. The molecule has 2 aromatic carbocycles. The van der Waals surface area contributed by atoms with Crippen molar-refractivity contribution in [3.63, 3.8) is 0 Å². The molecule has 3 heteroatoms. The van der Waals surface area contributed by atoms with Crippen LogP contribution in [0.25, 0.3) is 0 Å². The van der Waals surface area contributed by atoms with Crippen molar-refractivity contribution in [3.05, 3.63) is 65.2 Å². The van der Waals surface area contributed by atoms with Gasteiger partial charge in [-0.2, -0.15) is 0 Å². The van der Waals surface area contributed by atoms with Gasteiger partial charge >= 0.3 is 5.97 Å². The Kier molecular flexibility index (Phi) is 2.99. The highest BCUT2D eigenvalue weighted by Gasteiger charge is 2.53. The fourth-order valence-electron chi connectivity index (χ4n) is 5.61. The van der Waals surface area contributed by atoms with Gasteiger partial charge in [0.15, 0.2) is 0 Å². The van der Waals surface area contributed by atoms with Gasteiger partial charge in [0.1, 0.15) is 0 Å². The van der Waals surface area contributed by atoms with Gasteiger partial charge < -0.3 is 10.4 Å². The lowest BCUT2D eigenvalue weighted by atomic mass is 9.68. The Morgan fingerprint density at radius 1 is 1.04 bits per heavy atom. The number of benzene rings is 2. The third-order valence-electron chi connectivity index (χ3n) is 6.49. The highest BCUT2D eigenvalue weighted by atomic mass is 16.4. The molecule has 3 aliphatic rings. The molecule has 0 saturated heterocycles. The molecule has 5 rings (SSSR count). The van der Waals surface area contributed by atoms with Crippen LogP contribution >= 0.6 is 0 Å². The standard InChI is InChI=1S/C21H21NO2/c23-21(24)15-8-9-17-16(11-15)18-13-6-7-14(10-13)19(18)20(22-17)12-4-2-1-3-5-12/h1-5,8-9,11,13-14,18-20,22H,6-7,10H2,(H,23,24)/t13-,14+,18+,19+,20-/m1/s1. The van der Waals surface area contributed by atoms with Crippen LogP contribution < -0.4 is 5.32 Å². The zero-order chi connectivity index (χ0) is 16.3. The van der Waals surface area contributed by atoms with Crippen LogP contribution in [0.4, 0.5) is 5.69 Å². The summed E-state index contributed by atoms with van der Waals surface area (Å²) in [6.07, 6.45) is 3.92. The average Bonchev–Trinajstić information content (AvgIpc) is 3.23. The largest absolute Gasteiger partial charge is 0.478 e. The third-order valence-corrected chi connectivity index (χ3v) is 6.49. The van der Waals surface area contributed by atoms with Crippen LogP contribution in [-0.2, 0) is 0 Å². The molecule has 2 aromatic rings. The van der Waals surface area contributed by atoms with Crippen molar-refractivity contribution in [1.82, 2.24) is 0 Å². The van der Waals surface area contributed by atoms with Gasteiger partial charge in [-0.1, -0.05) is 30.3 Å². The normalized spacial score (nSPS) is 32.8. The molecule has 0 radical (unpaired) electrons. The molecule has 0 unspecified atom stereocenters. The number of aromatic carboxylic acids is 1. The quantitative estimate of drug-likeness (QED) is 0.845. The highest BCUT2D eigenvalue weighted by Crippen LogP contribution is 2.63. The first kappa shape index (κ1) is 14.1. The lowest BCUT2D eigenvalue weighted by Crippen LogP contribution is -2.35. The molecular weight excluding hydrogens is 298 g/mol. The SMILES string of the molecule is O=C(O)c1ccc2c(c1)[C@@H]1[C@@H]3CC[C@@H](C3)[C@@H]1[C@@H](c1ccccc1)N2. The smallest absolute Gasteiger partial charge is 0.335 e. The molecule has 2 fully saturated rings. The van der Waals surface area contributed by atoms with Gasteiger partial charge in [0.25, 0.3) is 0 Å². The maximum Gasteiger partial charge on any atom is 0.335 e. The Labute approximate surface area is 141 Å². The second-order valence-electron chi connectivity index (χ2n) is 7.58. The van der Waals surface area contributed by atoms with Crippen molar-refractivity contribution in [3.8, 4) is 0 Å². The Morgan fingerprint density at radius 3 is 2.62 bits per heavy atom. The summed E-state index contributed by atoms with van der Waals surface area (Å²) >= 11 is 0. The number of fused-ring (bicyclic) bond motifs is 7. The van der Waals surface area contributed by atoms with E-state index < -0.39 is 5.97 Å². The molecule has 2 bridgehead atoms. The van der Waals surface area contributed by atoms with Gasteiger partial charge in [-0.15, -0.1) is 0 Å². The summed E-state index contributed by atoms with van der Waals surface area (Å²) in [7, 11) is 0. The molecule has 24 heavy (non-hydrogen) atoms. The summed E-state index contributed by atoms with van der Waals surface area (Å²) in [5, 5.41) is 13.1. The van der Waals surface area contributed by atoms with Crippen LogP contribution in [0.5, 0.6) is 0 Å². The van der Waals surface area contributed by atoms with Crippen molar-refractivity contribution >= 4 is 11.7 Å². The lowest BCUT2D eigenvalue weighted by Gasteiger charge is -2.43. The second kappa shape index (κ2) is 5.10.